The number of nitrogens with zero attached hydrogens (tertiary/aromatic N) is 2. The van der Waals surface area contributed by atoms with Gasteiger partial charge in [0.25, 0.3) is 5.91 Å². The number of likely N-dealkylation sites (tertiary alicyclic amines) is 2. The van der Waals surface area contributed by atoms with Gasteiger partial charge in [0.15, 0.2) is 0 Å². The van der Waals surface area contributed by atoms with E-state index in [1.165, 1.54) is 12.5 Å². The van der Waals surface area contributed by atoms with E-state index in [2.05, 4.69) is 5.32 Å². The fourth-order valence-electron chi connectivity index (χ4n) is 3.27. The van der Waals surface area contributed by atoms with E-state index < -0.39 is 0 Å². The molecule has 0 aliphatic carbocycles. The molecule has 7 nitrogen and oxygen atoms in total. The molecule has 0 radical (unpaired) electrons. The monoisotopic (exact) mass is 333 g/mol. The van der Waals surface area contributed by atoms with Crippen LogP contribution in [0.3, 0.4) is 0 Å². The van der Waals surface area contributed by atoms with Gasteiger partial charge in [-0.05, 0) is 31.7 Å². The van der Waals surface area contributed by atoms with E-state index in [9.17, 15) is 14.4 Å². The topological polar surface area (TPSA) is 82.9 Å². The van der Waals surface area contributed by atoms with Gasteiger partial charge in [-0.25, -0.2) is 0 Å². The van der Waals surface area contributed by atoms with Crippen molar-refractivity contribution in [2.45, 2.75) is 38.1 Å². The van der Waals surface area contributed by atoms with Crippen molar-refractivity contribution in [3.8, 4) is 0 Å². The third kappa shape index (κ3) is 3.96. The molecule has 0 unspecified atom stereocenters. The molecule has 0 atom stereocenters. The molecule has 0 bridgehead atoms. The van der Waals surface area contributed by atoms with E-state index in [-0.39, 0.29) is 30.3 Å². The third-order valence-electron chi connectivity index (χ3n) is 4.67. The van der Waals surface area contributed by atoms with Crippen molar-refractivity contribution >= 4 is 17.7 Å². The Balaban J connectivity index is 1.42. The van der Waals surface area contributed by atoms with Crippen LogP contribution in [0.5, 0.6) is 0 Å². The van der Waals surface area contributed by atoms with Crippen molar-refractivity contribution in [2.24, 2.45) is 0 Å². The number of furan rings is 1. The number of piperidine rings is 2. The summed E-state index contributed by atoms with van der Waals surface area (Å²) in [4.78, 5) is 39.5. The SMILES string of the molecule is O=C(CN1CCCCC1=O)NC1CCN(C(=O)c2ccoc2)CC1. The minimum Gasteiger partial charge on any atom is -0.472 e. The zero-order chi connectivity index (χ0) is 16.9. The highest BCUT2D eigenvalue weighted by Gasteiger charge is 2.26. The predicted molar refractivity (Wildman–Crippen MR) is 86.2 cm³/mol. The minimum atomic E-state index is -0.107. The molecule has 1 aromatic heterocycles. The van der Waals surface area contributed by atoms with Gasteiger partial charge in [-0.3, -0.25) is 14.4 Å². The van der Waals surface area contributed by atoms with Crippen LogP contribution in [0.2, 0.25) is 0 Å². The fraction of sp³-hybridized carbons (Fsp3) is 0.588. The van der Waals surface area contributed by atoms with Crippen LogP contribution in [0.1, 0.15) is 42.5 Å². The molecule has 0 spiro atoms. The lowest BCUT2D eigenvalue weighted by molar-refractivity contribution is -0.138. The summed E-state index contributed by atoms with van der Waals surface area (Å²) in [6, 6.07) is 1.72. The Morgan fingerprint density at radius 2 is 2.00 bits per heavy atom. The number of hydrogen-bond donors (Lipinski definition) is 1. The van der Waals surface area contributed by atoms with Gasteiger partial charge in [-0.1, -0.05) is 0 Å². The Morgan fingerprint density at radius 3 is 2.67 bits per heavy atom. The Labute approximate surface area is 141 Å². The lowest BCUT2D eigenvalue weighted by Gasteiger charge is -2.33. The maximum atomic E-state index is 12.2. The summed E-state index contributed by atoms with van der Waals surface area (Å²) in [5.41, 5.74) is 0.557. The average molecular weight is 333 g/mol. The van der Waals surface area contributed by atoms with Crippen LogP contribution in [-0.2, 0) is 9.59 Å². The van der Waals surface area contributed by atoms with E-state index in [4.69, 9.17) is 4.42 Å². The summed E-state index contributed by atoms with van der Waals surface area (Å²) >= 11 is 0. The lowest BCUT2D eigenvalue weighted by Crippen LogP contribution is -2.49. The summed E-state index contributed by atoms with van der Waals surface area (Å²) in [6.45, 7) is 2.03. The molecule has 1 N–H and O–H groups in total. The molecule has 3 heterocycles. The highest BCUT2D eigenvalue weighted by atomic mass is 16.3. The summed E-state index contributed by atoms with van der Waals surface area (Å²) in [7, 11) is 0. The smallest absolute Gasteiger partial charge is 0.257 e. The summed E-state index contributed by atoms with van der Waals surface area (Å²) in [6.07, 6.45) is 6.82. The molecule has 2 saturated heterocycles. The number of carbonyl (C=O) groups is 3. The van der Waals surface area contributed by atoms with Crippen molar-refractivity contribution < 1.29 is 18.8 Å². The van der Waals surface area contributed by atoms with Gasteiger partial charge in [-0.2, -0.15) is 0 Å². The molecule has 0 aromatic carbocycles. The van der Waals surface area contributed by atoms with Gasteiger partial charge in [0.1, 0.15) is 6.26 Å². The van der Waals surface area contributed by atoms with Crippen molar-refractivity contribution in [1.29, 1.82) is 0 Å². The first-order valence-corrected chi connectivity index (χ1v) is 8.52. The predicted octanol–water partition coefficient (Wildman–Crippen LogP) is 1.01. The minimum absolute atomic E-state index is 0.0348. The standard InChI is InChI=1S/C17H23N3O4/c21-15(11-20-7-2-1-3-16(20)22)18-14-4-8-19(9-5-14)17(23)13-6-10-24-12-13/h6,10,12,14H,1-5,7-9,11H2,(H,18,21). The molecule has 7 heteroatoms. The van der Waals surface area contributed by atoms with Crippen LogP contribution >= 0.6 is 0 Å². The normalized spacial score (nSPS) is 19.4. The van der Waals surface area contributed by atoms with E-state index in [0.29, 0.717) is 31.6 Å². The summed E-state index contributed by atoms with van der Waals surface area (Å²) in [5, 5.41) is 2.99. The molecule has 24 heavy (non-hydrogen) atoms. The maximum Gasteiger partial charge on any atom is 0.257 e. The van der Waals surface area contributed by atoms with Crippen LogP contribution in [0.4, 0.5) is 0 Å². The van der Waals surface area contributed by atoms with Crippen LogP contribution < -0.4 is 5.32 Å². The van der Waals surface area contributed by atoms with Crippen LogP contribution in [0, 0.1) is 0 Å². The van der Waals surface area contributed by atoms with Crippen molar-refractivity contribution in [1.82, 2.24) is 15.1 Å². The van der Waals surface area contributed by atoms with E-state index in [1.54, 1.807) is 15.9 Å². The first-order valence-electron chi connectivity index (χ1n) is 8.52. The lowest BCUT2D eigenvalue weighted by atomic mass is 10.0. The second kappa shape index (κ2) is 7.51. The Kier molecular flexibility index (Phi) is 5.17. The number of nitrogens with one attached hydrogen (secondary N) is 1. The largest absolute Gasteiger partial charge is 0.472 e. The second-order valence-electron chi connectivity index (χ2n) is 6.42. The molecular formula is C17H23N3O4. The van der Waals surface area contributed by atoms with Gasteiger partial charge in [0.2, 0.25) is 11.8 Å². The van der Waals surface area contributed by atoms with Crippen molar-refractivity contribution in [3.63, 3.8) is 0 Å². The quantitative estimate of drug-likeness (QED) is 0.891. The van der Waals surface area contributed by atoms with Gasteiger partial charge < -0.3 is 19.5 Å². The summed E-state index contributed by atoms with van der Waals surface area (Å²) < 4.78 is 4.94. The summed E-state index contributed by atoms with van der Waals surface area (Å²) in [5.74, 6) is -0.0748. The van der Waals surface area contributed by atoms with Gasteiger partial charge in [0, 0.05) is 32.1 Å². The molecule has 2 aliphatic rings. The van der Waals surface area contributed by atoms with Crippen LogP contribution in [0.15, 0.2) is 23.0 Å². The average Bonchev–Trinajstić information content (AvgIpc) is 3.11. The molecule has 3 amide bonds. The number of carbonyl (C=O) groups excluding carboxylic acids is 3. The molecule has 1 aromatic rings. The number of hydrogen-bond acceptors (Lipinski definition) is 4. The zero-order valence-corrected chi connectivity index (χ0v) is 13.7. The zero-order valence-electron chi connectivity index (χ0n) is 13.7. The molecule has 2 aliphatic heterocycles. The number of rotatable bonds is 4. The second-order valence-corrected chi connectivity index (χ2v) is 6.42. The first kappa shape index (κ1) is 16.5. The third-order valence-corrected chi connectivity index (χ3v) is 4.67. The molecule has 2 fully saturated rings. The van der Waals surface area contributed by atoms with Crippen molar-refractivity contribution in [2.75, 3.05) is 26.2 Å². The van der Waals surface area contributed by atoms with Gasteiger partial charge >= 0.3 is 0 Å². The number of amides is 3. The van der Waals surface area contributed by atoms with Crippen LogP contribution in [-0.4, -0.2) is 59.7 Å². The highest BCUT2D eigenvalue weighted by molar-refractivity contribution is 5.93. The Bertz CT molecular complexity index is 591. The highest BCUT2D eigenvalue weighted by Crippen LogP contribution is 2.15. The van der Waals surface area contributed by atoms with E-state index in [0.717, 1.165) is 25.7 Å². The van der Waals surface area contributed by atoms with Gasteiger partial charge in [-0.15, -0.1) is 0 Å². The van der Waals surface area contributed by atoms with Crippen molar-refractivity contribution in [3.05, 3.63) is 24.2 Å². The van der Waals surface area contributed by atoms with E-state index in [1.807, 2.05) is 0 Å². The molecule has 0 saturated carbocycles. The molecular weight excluding hydrogens is 310 g/mol. The van der Waals surface area contributed by atoms with Crippen LogP contribution in [0.25, 0.3) is 0 Å². The van der Waals surface area contributed by atoms with Gasteiger partial charge in [0.05, 0.1) is 18.4 Å². The fourth-order valence-corrected chi connectivity index (χ4v) is 3.27. The van der Waals surface area contributed by atoms with E-state index >= 15 is 0 Å². The molecule has 130 valence electrons. The Hall–Kier alpha value is -2.31. The Morgan fingerprint density at radius 1 is 1.21 bits per heavy atom. The molecule has 3 rings (SSSR count). The first-order chi connectivity index (χ1) is 11.6. The maximum absolute atomic E-state index is 12.2.